The van der Waals surface area contributed by atoms with Crippen LogP contribution in [-0.4, -0.2) is 58.6 Å². The van der Waals surface area contributed by atoms with Gasteiger partial charge in [-0.25, -0.2) is 0 Å². The molecule has 29 heavy (non-hydrogen) atoms. The fraction of sp³-hybridized carbons (Fsp3) is 0.522. The minimum Gasteiger partial charge on any atom is -0.371 e. The zero-order valence-electron chi connectivity index (χ0n) is 17.1. The van der Waals surface area contributed by atoms with Crippen molar-refractivity contribution in [3.63, 3.8) is 0 Å². The Morgan fingerprint density at radius 1 is 1.14 bits per heavy atom. The first-order chi connectivity index (χ1) is 13.9. The molecular formula is C23H29N3O3. The highest BCUT2D eigenvalue weighted by molar-refractivity contribution is 6.07. The Hall–Kier alpha value is -2.63. The van der Waals surface area contributed by atoms with E-state index >= 15 is 0 Å². The summed E-state index contributed by atoms with van der Waals surface area (Å²) in [7, 11) is 0. The first-order valence-corrected chi connectivity index (χ1v) is 10.6. The van der Waals surface area contributed by atoms with Crippen LogP contribution in [0, 0.1) is 5.92 Å². The zero-order chi connectivity index (χ0) is 20.5. The topological polar surface area (TPSA) is 69.7 Å². The third-order valence-corrected chi connectivity index (χ3v) is 6.17. The minimum atomic E-state index is -0.287. The Bertz CT molecular complexity index is 833. The van der Waals surface area contributed by atoms with Gasteiger partial charge in [0.25, 0.3) is 0 Å². The van der Waals surface area contributed by atoms with E-state index in [-0.39, 0.29) is 42.1 Å². The van der Waals surface area contributed by atoms with Crippen LogP contribution >= 0.6 is 0 Å². The third-order valence-electron chi connectivity index (χ3n) is 6.17. The van der Waals surface area contributed by atoms with E-state index in [1.807, 2.05) is 23.1 Å². The fourth-order valence-corrected chi connectivity index (χ4v) is 4.88. The Labute approximate surface area is 171 Å². The fourth-order valence-electron chi connectivity index (χ4n) is 4.88. The summed E-state index contributed by atoms with van der Waals surface area (Å²) >= 11 is 0. The molecule has 4 rings (SSSR count). The molecule has 1 unspecified atom stereocenters. The molecule has 1 N–H and O–H groups in total. The van der Waals surface area contributed by atoms with Crippen molar-refractivity contribution < 1.29 is 14.4 Å². The van der Waals surface area contributed by atoms with Gasteiger partial charge in [-0.05, 0) is 30.7 Å². The van der Waals surface area contributed by atoms with E-state index in [1.165, 1.54) is 5.56 Å². The number of nitrogens with one attached hydrogen (secondary N) is 1. The van der Waals surface area contributed by atoms with Crippen molar-refractivity contribution in [3.8, 4) is 0 Å². The SMILES string of the molecule is CC(C)C[C@H]1C(=O)CC(=O)N1C1CCN(C2=CC(=O)N[C@H]2Cc2ccccc2)C1. The van der Waals surface area contributed by atoms with Crippen LogP contribution < -0.4 is 5.32 Å². The van der Waals surface area contributed by atoms with E-state index in [2.05, 4.69) is 36.2 Å². The van der Waals surface area contributed by atoms with E-state index in [1.54, 1.807) is 6.08 Å². The lowest BCUT2D eigenvalue weighted by Gasteiger charge is -2.32. The van der Waals surface area contributed by atoms with E-state index in [0.29, 0.717) is 12.5 Å². The van der Waals surface area contributed by atoms with Crippen LogP contribution in [0.2, 0.25) is 0 Å². The van der Waals surface area contributed by atoms with Crippen molar-refractivity contribution in [2.24, 2.45) is 5.92 Å². The third kappa shape index (κ3) is 4.07. The van der Waals surface area contributed by atoms with Crippen molar-refractivity contribution in [2.45, 2.75) is 57.7 Å². The number of carbonyl (C=O) groups excluding carboxylic acids is 3. The van der Waals surface area contributed by atoms with Crippen LogP contribution in [0.4, 0.5) is 0 Å². The number of hydrogen-bond acceptors (Lipinski definition) is 4. The zero-order valence-corrected chi connectivity index (χ0v) is 17.1. The van der Waals surface area contributed by atoms with Gasteiger partial charge in [-0.15, -0.1) is 0 Å². The Balaban J connectivity index is 1.47. The summed E-state index contributed by atoms with van der Waals surface area (Å²) in [6.45, 7) is 5.65. The number of Topliss-reactive ketones (excluding diaryl/α,β-unsaturated/α-hetero) is 1. The molecule has 0 aliphatic carbocycles. The molecule has 0 spiro atoms. The Morgan fingerprint density at radius 2 is 1.90 bits per heavy atom. The molecule has 3 atom stereocenters. The molecule has 6 nitrogen and oxygen atoms in total. The summed E-state index contributed by atoms with van der Waals surface area (Å²) in [4.78, 5) is 41.1. The highest BCUT2D eigenvalue weighted by Crippen LogP contribution is 2.31. The van der Waals surface area contributed by atoms with Gasteiger partial charge in [0, 0.05) is 24.9 Å². The molecule has 154 valence electrons. The molecule has 0 radical (unpaired) electrons. The summed E-state index contributed by atoms with van der Waals surface area (Å²) < 4.78 is 0. The van der Waals surface area contributed by atoms with Crippen LogP contribution in [0.15, 0.2) is 42.1 Å². The van der Waals surface area contributed by atoms with Crippen molar-refractivity contribution in [3.05, 3.63) is 47.7 Å². The van der Waals surface area contributed by atoms with Crippen LogP contribution in [0.5, 0.6) is 0 Å². The summed E-state index contributed by atoms with van der Waals surface area (Å²) in [5, 5.41) is 3.06. The van der Waals surface area contributed by atoms with Gasteiger partial charge in [0.05, 0.1) is 24.5 Å². The van der Waals surface area contributed by atoms with E-state index < -0.39 is 0 Å². The number of carbonyl (C=O) groups is 3. The van der Waals surface area contributed by atoms with E-state index in [4.69, 9.17) is 0 Å². The maximum absolute atomic E-state index is 12.6. The van der Waals surface area contributed by atoms with E-state index in [9.17, 15) is 14.4 Å². The average molecular weight is 396 g/mol. The van der Waals surface area contributed by atoms with Crippen LogP contribution in [0.1, 0.15) is 38.7 Å². The number of amides is 2. The lowest BCUT2D eigenvalue weighted by atomic mass is 10.00. The second-order valence-corrected chi connectivity index (χ2v) is 8.80. The van der Waals surface area contributed by atoms with Crippen molar-refractivity contribution in [1.29, 1.82) is 0 Å². The van der Waals surface area contributed by atoms with Gasteiger partial charge in [0.1, 0.15) is 0 Å². The monoisotopic (exact) mass is 395 g/mol. The van der Waals surface area contributed by atoms with Gasteiger partial charge < -0.3 is 15.1 Å². The smallest absolute Gasteiger partial charge is 0.246 e. The summed E-state index contributed by atoms with van der Waals surface area (Å²) in [6.07, 6.45) is 4.03. The van der Waals surface area contributed by atoms with Crippen LogP contribution in [0.3, 0.4) is 0 Å². The largest absolute Gasteiger partial charge is 0.371 e. The standard InChI is InChI=1S/C23H29N3O3/c1-15(2)10-20-21(27)13-23(29)26(20)17-8-9-25(14-17)19-12-22(28)24-18(19)11-16-6-4-3-5-7-16/h3-7,12,15,17-18,20H,8-11,13-14H2,1-2H3,(H,24,28)/t17?,18-,20-/m0/s1. The molecule has 0 saturated carbocycles. The summed E-state index contributed by atoms with van der Waals surface area (Å²) in [5.74, 6) is 0.322. The molecule has 2 amide bonds. The predicted molar refractivity (Wildman–Crippen MR) is 110 cm³/mol. The molecular weight excluding hydrogens is 366 g/mol. The number of rotatable bonds is 6. The Kier molecular flexibility index (Phi) is 5.43. The minimum absolute atomic E-state index is 0.0340. The van der Waals surface area contributed by atoms with Crippen LogP contribution in [-0.2, 0) is 20.8 Å². The highest BCUT2D eigenvalue weighted by atomic mass is 16.2. The van der Waals surface area contributed by atoms with Gasteiger partial charge >= 0.3 is 0 Å². The highest BCUT2D eigenvalue weighted by Gasteiger charge is 2.45. The predicted octanol–water partition coefficient (Wildman–Crippen LogP) is 1.90. The molecule has 3 heterocycles. The maximum atomic E-state index is 12.6. The average Bonchev–Trinajstić information content (AvgIpc) is 3.34. The molecule has 6 heteroatoms. The summed E-state index contributed by atoms with van der Waals surface area (Å²) in [5.41, 5.74) is 2.18. The number of hydrogen-bond donors (Lipinski definition) is 1. The van der Waals surface area contributed by atoms with Gasteiger partial charge in [0.2, 0.25) is 11.8 Å². The quantitative estimate of drug-likeness (QED) is 0.747. The van der Waals surface area contributed by atoms with Crippen molar-refractivity contribution in [2.75, 3.05) is 13.1 Å². The molecule has 0 aromatic heterocycles. The molecule has 1 aromatic rings. The molecule has 2 fully saturated rings. The van der Waals surface area contributed by atoms with E-state index in [0.717, 1.165) is 31.5 Å². The summed E-state index contributed by atoms with van der Waals surface area (Å²) in [6, 6.07) is 9.83. The molecule has 3 aliphatic rings. The second kappa shape index (κ2) is 8.01. The lowest BCUT2D eigenvalue weighted by molar-refractivity contribution is -0.131. The van der Waals surface area contributed by atoms with Gasteiger partial charge in [-0.1, -0.05) is 44.2 Å². The molecule has 1 aromatic carbocycles. The van der Waals surface area contributed by atoms with Crippen LogP contribution in [0.25, 0.3) is 0 Å². The first-order valence-electron chi connectivity index (χ1n) is 10.6. The normalized spacial score (nSPS) is 27.2. The molecule has 3 aliphatic heterocycles. The van der Waals surface area contributed by atoms with Gasteiger partial charge in [-0.3, -0.25) is 14.4 Å². The molecule has 0 bridgehead atoms. The maximum Gasteiger partial charge on any atom is 0.246 e. The van der Waals surface area contributed by atoms with Crippen molar-refractivity contribution >= 4 is 17.6 Å². The van der Waals surface area contributed by atoms with Gasteiger partial charge in [0.15, 0.2) is 5.78 Å². The Morgan fingerprint density at radius 3 is 2.62 bits per heavy atom. The second-order valence-electron chi connectivity index (χ2n) is 8.80. The molecule has 2 saturated heterocycles. The van der Waals surface area contributed by atoms with Gasteiger partial charge in [-0.2, -0.15) is 0 Å². The number of ketones is 1. The van der Waals surface area contributed by atoms with Crippen molar-refractivity contribution in [1.82, 2.24) is 15.1 Å². The lowest BCUT2D eigenvalue weighted by Crippen LogP contribution is -2.45. The first kappa shape index (κ1) is 19.7. The number of benzene rings is 1. The number of nitrogens with zero attached hydrogens (tertiary/aromatic N) is 2. The number of likely N-dealkylation sites (tertiary alicyclic amines) is 2.